The average Bonchev–Trinajstić information content (AvgIpc) is 3.62. The summed E-state index contributed by atoms with van der Waals surface area (Å²) in [5.41, 5.74) is 3.73. The number of anilines is 3. The molecule has 0 radical (unpaired) electrons. The summed E-state index contributed by atoms with van der Waals surface area (Å²) in [5.74, 6) is 1.23. The SMILES string of the molecule is CCc1nc2c(C)cc(N3CC4(CCN(S(C)(=O)=O)C4)C3)nn2c1N(C)c1nc(-c2ccc(F)cc2)c(C#N)s1. The number of rotatable bonds is 6. The normalized spacial score (nSPS) is 16.9. The van der Waals surface area contributed by atoms with Gasteiger partial charge >= 0.3 is 0 Å². The lowest BCUT2D eigenvalue weighted by molar-refractivity contribution is 0.228. The second-order valence-corrected chi connectivity index (χ2v) is 13.7. The molecule has 2 saturated heterocycles. The maximum Gasteiger partial charge on any atom is 0.211 e. The van der Waals surface area contributed by atoms with E-state index < -0.39 is 10.0 Å². The number of nitrogens with zero attached hydrogens (tertiary/aromatic N) is 8. The smallest absolute Gasteiger partial charge is 0.211 e. The van der Waals surface area contributed by atoms with E-state index in [9.17, 15) is 18.1 Å². The van der Waals surface area contributed by atoms with E-state index in [4.69, 9.17) is 15.1 Å². The topological polar surface area (TPSA) is 111 Å². The minimum atomic E-state index is -3.19. The molecule has 0 saturated carbocycles. The Kier molecular flexibility index (Phi) is 6.32. The maximum atomic E-state index is 13.5. The Labute approximate surface area is 236 Å². The van der Waals surface area contributed by atoms with Crippen LogP contribution in [0.25, 0.3) is 16.9 Å². The molecule has 0 aliphatic carbocycles. The van der Waals surface area contributed by atoms with E-state index in [-0.39, 0.29) is 11.2 Å². The van der Waals surface area contributed by atoms with Gasteiger partial charge in [0.1, 0.15) is 28.3 Å². The summed E-state index contributed by atoms with van der Waals surface area (Å²) in [6.45, 7) is 6.65. The van der Waals surface area contributed by atoms with Crippen LogP contribution in [0.2, 0.25) is 0 Å². The number of hydrogen-bond acceptors (Lipinski definition) is 9. The van der Waals surface area contributed by atoms with Crippen molar-refractivity contribution in [3.8, 4) is 17.3 Å². The largest absolute Gasteiger partial charge is 0.354 e. The van der Waals surface area contributed by atoms with Gasteiger partial charge in [-0.25, -0.2) is 27.1 Å². The summed E-state index contributed by atoms with van der Waals surface area (Å²) in [4.78, 5) is 14.2. The third kappa shape index (κ3) is 4.40. The summed E-state index contributed by atoms with van der Waals surface area (Å²) in [6, 6.07) is 10.2. The van der Waals surface area contributed by atoms with Crippen molar-refractivity contribution in [2.24, 2.45) is 5.41 Å². The van der Waals surface area contributed by atoms with E-state index in [1.807, 2.05) is 36.4 Å². The first kappa shape index (κ1) is 26.6. The Balaban J connectivity index is 1.35. The van der Waals surface area contributed by atoms with Gasteiger partial charge in [-0.3, -0.25) is 0 Å². The molecule has 0 bridgehead atoms. The lowest BCUT2D eigenvalue weighted by atomic mass is 9.79. The zero-order chi connectivity index (χ0) is 28.4. The lowest BCUT2D eigenvalue weighted by Crippen LogP contribution is -2.58. The van der Waals surface area contributed by atoms with Crippen molar-refractivity contribution < 1.29 is 12.8 Å². The highest BCUT2D eigenvalue weighted by Crippen LogP contribution is 2.43. The zero-order valence-corrected chi connectivity index (χ0v) is 24.4. The van der Waals surface area contributed by atoms with Gasteiger partial charge in [-0.15, -0.1) is 5.10 Å². The Morgan fingerprint density at radius 3 is 2.55 bits per heavy atom. The number of sulfonamides is 1. The van der Waals surface area contributed by atoms with E-state index in [0.717, 1.165) is 48.1 Å². The molecule has 4 aromatic rings. The van der Waals surface area contributed by atoms with Gasteiger partial charge < -0.3 is 9.80 Å². The number of fused-ring (bicyclic) bond motifs is 1. The molecule has 2 aliphatic heterocycles. The standard InChI is InChI=1S/C27H29FN8O2S2/c1-5-20-25(33(3)26-31-23(21(13-29)39-26)18-6-8-19(28)9-7-18)36-24(30-20)17(2)12-22(32-36)34-14-27(15-34)10-11-35(16-27)40(4,37)38/h6-9,12H,5,10-11,14-16H2,1-4H3. The van der Waals surface area contributed by atoms with Crippen molar-refractivity contribution in [2.45, 2.75) is 26.7 Å². The van der Waals surface area contributed by atoms with Gasteiger partial charge in [-0.2, -0.15) is 9.78 Å². The number of thiazole rings is 1. The molecule has 0 N–H and O–H groups in total. The molecular weight excluding hydrogens is 551 g/mol. The fourth-order valence-electron chi connectivity index (χ4n) is 5.70. The number of aromatic nitrogens is 4. The molecule has 0 atom stereocenters. The zero-order valence-electron chi connectivity index (χ0n) is 22.7. The minimum absolute atomic E-state index is 0.0396. The van der Waals surface area contributed by atoms with Crippen LogP contribution in [0.1, 0.15) is 29.5 Å². The molecule has 2 fully saturated rings. The average molecular weight is 581 g/mol. The highest BCUT2D eigenvalue weighted by Gasteiger charge is 2.50. The Bertz CT molecular complexity index is 1770. The maximum absolute atomic E-state index is 13.5. The Morgan fingerprint density at radius 2 is 1.93 bits per heavy atom. The summed E-state index contributed by atoms with van der Waals surface area (Å²) < 4.78 is 41.0. The third-order valence-electron chi connectivity index (χ3n) is 7.82. The van der Waals surface area contributed by atoms with E-state index in [2.05, 4.69) is 11.0 Å². The highest BCUT2D eigenvalue weighted by molar-refractivity contribution is 7.88. The van der Waals surface area contributed by atoms with Crippen LogP contribution in [-0.4, -0.2) is 71.8 Å². The molecule has 6 rings (SSSR count). The van der Waals surface area contributed by atoms with Crippen molar-refractivity contribution in [2.75, 3.05) is 49.3 Å². The molecule has 5 heterocycles. The molecule has 1 spiro atoms. The third-order valence-corrected chi connectivity index (χ3v) is 10.1. The summed E-state index contributed by atoms with van der Waals surface area (Å²) in [6.07, 6.45) is 2.79. The summed E-state index contributed by atoms with van der Waals surface area (Å²) in [5, 5.41) is 15.4. The van der Waals surface area contributed by atoms with E-state index in [1.54, 1.807) is 16.4 Å². The first-order valence-corrected chi connectivity index (χ1v) is 15.7. The highest BCUT2D eigenvalue weighted by atomic mass is 32.2. The summed E-state index contributed by atoms with van der Waals surface area (Å²) in [7, 11) is -1.31. The van der Waals surface area contributed by atoms with Crippen LogP contribution in [0.15, 0.2) is 30.3 Å². The van der Waals surface area contributed by atoms with E-state index in [1.165, 1.54) is 29.7 Å². The van der Waals surface area contributed by atoms with Gasteiger partial charge in [0.15, 0.2) is 16.6 Å². The van der Waals surface area contributed by atoms with Gasteiger partial charge in [0.25, 0.3) is 0 Å². The number of benzene rings is 1. The molecule has 40 heavy (non-hydrogen) atoms. The van der Waals surface area contributed by atoms with Crippen molar-refractivity contribution >= 4 is 43.8 Å². The van der Waals surface area contributed by atoms with Crippen molar-refractivity contribution in [1.29, 1.82) is 5.26 Å². The number of halogens is 1. The fourth-order valence-corrected chi connectivity index (χ4v) is 7.48. The number of nitriles is 1. The van der Waals surface area contributed by atoms with Crippen molar-refractivity contribution in [3.05, 3.63) is 52.3 Å². The van der Waals surface area contributed by atoms with E-state index in [0.29, 0.717) is 40.8 Å². The molecule has 1 aromatic carbocycles. The second kappa shape index (κ2) is 9.50. The van der Waals surface area contributed by atoms with Gasteiger partial charge in [0.2, 0.25) is 10.0 Å². The van der Waals surface area contributed by atoms with Gasteiger partial charge in [-0.05, 0) is 55.7 Å². The van der Waals surface area contributed by atoms with Crippen LogP contribution in [0.3, 0.4) is 0 Å². The molecular formula is C27H29FN8O2S2. The van der Waals surface area contributed by atoms with Crippen molar-refractivity contribution in [3.63, 3.8) is 0 Å². The lowest BCUT2D eigenvalue weighted by Gasteiger charge is -2.48. The molecule has 0 amide bonds. The van der Waals surface area contributed by atoms with Gasteiger partial charge in [0, 0.05) is 44.2 Å². The molecule has 3 aromatic heterocycles. The van der Waals surface area contributed by atoms with Crippen LogP contribution in [0.5, 0.6) is 0 Å². The summed E-state index contributed by atoms with van der Waals surface area (Å²) >= 11 is 1.26. The first-order valence-electron chi connectivity index (χ1n) is 13.0. The molecule has 10 nitrogen and oxygen atoms in total. The fraction of sp³-hybridized carbons (Fsp3) is 0.407. The quantitative estimate of drug-likeness (QED) is 0.337. The van der Waals surface area contributed by atoms with Crippen LogP contribution >= 0.6 is 11.3 Å². The van der Waals surface area contributed by atoms with Gasteiger partial charge in [0.05, 0.1) is 11.9 Å². The number of hydrogen-bond donors (Lipinski definition) is 0. The molecule has 208 valence electrons. The Morgan fingerprint density at radius 1 is 1.20 bits per heavy atom. The predicted octanol–water partition coefficient (Wildman–Crippen LogP) is 3.97. The minimum Gasteiger partial charge on any atom is -0.354 e. The van der Waals surface area contributed by atoms with Crippen LogP contribution in [0, 0.1) is 29.5 Å². The number of aryl methyl sites for hydroxylation is 2. The molecule has 13 heteroatoms. The van der Waals surface area contributed by atoms with Crippen LogP contribution in [-0.2, 0) is 16.4 Å². The second-order valence-electron chi connectivity index (χ2n) is 10.7. The van der Waals surface area contributed by atoms with Crippen LogP contribution in [0.4, 0.5) is 21.2 Å². The van der Waals surface area contributed by atoms with Crippen LogP contribution < -0.4 is 9.80 Å². The molecule has 2 aliphatic rings. The predicted molar refractivity (Wildman–Crippen MR) is 153 cm³/mol. The van der Waals surface area contributed by atoms with Gasteiger partial charge in [-0.1, -0.05) is 18.3 Å². The number of imidazole rings is 1. The van der Waals surface area contributed by atoms with E-state index >= 15 is 0 Å². The Hall–Kier alpha value is -3.60. The monoisotopic (exact) mass is 580 g/mol. The first-order chi connectivity index (χ1) is 19.0. The molecule has 0 unspecified atom stereocenters. The van der Waals surface area contributed by atoms with Crippen molar-refractivity contribution in [1.82, 2.24) is 23.9 Å².